The molecule has 4 N–H and O–H groups in total. The van der Waals surface area contributed by atoms with Crippen molar-refractivity contribution < 1.29 is 13.9 Å². The molecule has 3 aromatic rings. The second-order valence-corrected chi connectivity index (χ2v) is 5.24. The first-order chi connectivity index (χ1) is 11.6. The number of fused-ring (bicyclic) bond motifs is 1. The van der Waals surface area contributed by atoms with Crippen LogP contribution in [-0.2, 0) is 4.74 Å². The number of hydrogen-bond donors (Lipinski definition) is 3. The van der Waals surface area contributed by atoms with Gasteiger partial charge < -0.3 is 15.5 Å². The van der Waals surface area contributed by atoms with Crippen LogP contribution in [0, 0.1) is 5.82 Å². The molecule has 1 atom stereocenters. The zero-order chi connectivity index (χ0) is 17.1. The van der Waals surface area contributed by atoms with Gasteiger partial charge >= 0.3 is 6.09 Å². The minimum atomic E-state index is -0.570. The normalized spacial score (nSPS) is 12.1. The molecule has 0 saturated heterocycles. The zero-order valence-corrected chi connectivity index (χ0v) is 13.0. The number of carbonyl (C=O) groups excluding carboxylic acids is 1. The zero-order valence-electron chi connectivity index (χ0n) is 13.0. The first-order valence-corrected chi connectivity index (χ1v) is 7.51. The SMILES string of the molecule is CCOC(=O)Nc1nc2ccc(C(N)c3ccc(F)cc3)cc2[nH]1. The Hall–Kier alpha value is -2.93. The van der Waals surface area contributed by atoms with Crippen molar-refractivity contribution in [2.75, 3.05) is 11.9 Å². The molecule has 1 amide bonds. The molecule has 0 fully saturated rings. The maximum atomic E-state index is 13.0. The minimum Gasteiger partial charge on any atom is -0.450 e. The monoisotopic (exact) mass is 328 g/mol. The Balaban J connectivity index is 1.85. The van der Waals surface area contributed by atoms with Crippen molar-refractivity contribution >= 4 is 23.1 Å². The third kappa shape index (κ3) is 3.36. The fraction of sp³-hybridized carbons (Fsp3) is 0.176. The smallest absolute Gasteiger partial charge is 0.413 e. The molecule has 7 heteroatoms. The summed E-state index contributed by atoms with van der Waals surface area (Å²) < 4.78 is 17.8. The minimum absolute atomic E-state index is 0.280. The number of rotatable bonds is 4. The Morgan fingerprint density at radius 2 is 2.00 bits per heavy atom. The molecular weight excluding hydrogens is 311 g/mol. The van der Waals surface area contributed by atoms with Crippen LogP contribution in [0.25, 0.3) is 11.0 Å². The van der Waals surface area contributed by atoms with E-state index in [2.05, 4.69) is 15.3 Å². The number of H-pyrrole nitrogens is 1. The van der Waals surface area contributed by atoms with E-state index >= 15 is 0 Å². The number of carbonyl (C=O) groups is 1. The number of amides is 1. The number of hydrogen-bond acceptors (Lipinski definition) is 4. The number of anilines is 1. The van der Waals surface area contributed by atoms with Gasteiger partial charge in [0.05, 0.1) is 23.7 Å². The molecule has 3 rings (SSSR count). The fourth-order valence-corrected chi connectivity index (χ4v) is 2.41. The van der Waals surface area contributed by atoms with E-state index in [1.54, 1.807) is 25.1 Å². The van der Waals surface area contributed by atoms with Crippen molar-refractivity contribution in [3.8, 4) is 0 Å². The van der Waals surface area contributed by atoms with Crippen molar-refractivity contribution in [3.63, 3.8) is 0 Å². The number of halogens is 1. The van der Waals surface area contributed by atoms with Crippen LogP contribution >= 0.6 is 0 Å². The highest BCUT2D eigenvalue weighted by molar-refractivity contribution is 5.86. The van der Waals surface area contributed by atoms with E-state index in [9.17, 15) is 9.18 Å². The van der Waals surface area contributed by atoms with Crippen molar-refractivity contribution in [1.82, 2.24) is 9.97 Å². The van der Waals surface area contributed by atoms with E-state index in [1.165, 1.54) is 12.1 Å². The number of benzene rings is 2. The van der Waals surface area contributed by atoms with E-state index in [1.807, 2.05) is 12.1 Å². The molecule has 124 valence electrons. The molecule has 0 aliphatic carbocycles. The molecule has 6 nitrogen and oxygen atoms in total. The van der Waals surface area contributed by atoms with Crippen molar-refractivity contribution in [3.05, 3.63) is 59.4 Å². The summed E-state index contributed by atoms with van der Waals surface area (Å²) in [6, 6.07) is 11.2. The van der Waals surface area contributed by atoms with Crippen LogP contribution in [0.1, 0.15) is 24.1 Å². The standard InChI is InChI=1S/C17H17FN4O2/c1-2-24-17(23)22-16-20-13-8-5-11(9-14(13)21-16)15(19)10-3-6-12(18)7-4-10/h3-9,15H,2,19H2,1H3,(H2,20,21,22,23). The van der Waals surface area contributed by atoms with Crippen molar-refractivity contribution in [2.45, 2.75) is 13.0 Å². The topological polar surface area (TPSA) is 93.0 Å². The molecule has 0 radical (unpaired) electrons. The second-order valence-electron chi connectivity index (χ2n) is 5.24. The summed E-state index contributed by atoms with van der Waals surface area (Å²) in [5.41, 5.74) is 9.32. The summed E-state index contributed by atoms with van der Waals surface area (Å²) >= 11 is 0. The third-order valence-corrected chi connectivity index (χ3v) is 3.59. The van der Waals surface area contributed by atoms with Gasteiger partial charge in [-0.25, -0.2) is 14.2 Å². The van der Waals surface area contributed by atoms with E-state index in [-0.39, 0.29) is 18.5 Å². The number of aromatic nitrogens is 2. The second kappa shape index (κ2) is 6.67. The summed E-state index contributed by atoms with van der Waals surface area (Å²) in [5, 5.41) is 2.52. The average Bonchev–Trinajstić information content (AvgIpc) is 2.96. The van der Waals surface area contributed by atoms with Gasteiger partial charge in [0, 0.05) is 0 Å². The largest absolute Gasteiger partial charge is 0.450 e. The summed E-state index contributed by atoms with van der Waals surface area (Å²) in [5.74, 6) is 0.000560. The molecule has 24 heavy (non-hydrogen) atoms. The van der Waals surface area contributed by atoms with E-state index in [4.69, 9.17) is 10.5 Å². The summed E-state index contributed by atoms with van der Waals surface area (Å²) in [4.78, 5) is 18.7. The van der Waals surface area contributed by atoms with Gasteiger partial charge in [-0.05, 0) is 42.3 Å². The first-order valence-electron chi connectivity index (χ1n) is 7.51. The molecule has 1 unspecified atom stereocenters. The number of aromatic amines is 1. The number of nitrogens with zero attached hydrogens (tertiary/aromatic N) is 1. The van der Waals surface area contributed by atoms with E-state index < -0.39 is 6.09 Å². The first kappa shape index (κ1) is 15.9. The molecule has 0 aliphatic heterocycles. The van der Waals surface area contributed by atoms with Gasteiger partial charge in [-0.1, -0.05) is 18.2 Å². The lowest BCUT2D eigenvalue weighted by molar-refractivity contribution is 0.167. The van der Waals surface area contributed by atoms with Crippen LogP contribution in [0.4, 0.5) is 15.1 Å². The molecule has 0 bridgehead atoms. The Kier molecular flexibility index (Phi) is 4.43. The van der Waals surface area contributed by atoms with Gasteiger partial charge in [0.25, 0.3) is 0 Å². The molecule has 1 heterocycles. The lowest BCUT2D eigenvalue weighted by Gasteiger charge is -2.12. The molecule has 0 spiro atoms. The molecule has 2 aromatic carbocycles. The molecule has 0 saturated carbocycles. The predicted molar refractivity (Wildman–Crippen MR) is 89.2 cm³/mol. The quantitative estimate of drug-likeness (QED) is 0.685. The highest BCUT2D eigenvalue weighted by Gasteiger charge is 2.12. The lowest BCUT2D eigenvalue weighted by atomic mass is 9.99. The van der Waals surface area contributed by atoms with E-state index in [0.717, 1.165) is 16.6 Å². The van der Waals surface area contributed by atoms with Crippen molar-refractivity contribution in [2.24, 2.45) is 5.73 Å². The number of imidazole rings is 1. The van der Waals surface area contributed by atoms with Gasteiger partial charge in [0.1, 0.15) is 5.82 Å². The van der Waals surface area contributed by atoms with Crippen LogP contribution in [0.5, 0.6) is 0 Å². The van der Waals surface area contributed by atoms with Crippen LogP contribution in [0.2, 0.25) is 0 Å². The van der Waals surface area contributed by atoms with Crippen LogP contribution in [0.15, 0.2) is 42.5 Å². The number of ether oxygens (including phenoxy) is 1. The average molecular weight is 328 g/mol. The molecule has 1 aromatic heterocycles. The summed E-state index contributed by atoms with van der Waals surface area (Å²) in [6.07, 6.45) is -0.570. The van der Waals surface area contributed by atoms with Gasteiger partial charge in [-0.3, -0.25) is 5.32 Å². The highest BCUT2D eigenvalue weighted by Crippen LogP contribution is 2.24. The van der Waals surface area contributed by atoms with Gasteiger partial charge in [-0.2, -0.15) is 0 Å². The fourth-order valence-electron chi connectivity index (χ4n) is 2.41. The maximum absolute atomic E-state index is 13.0. The molecule has 0 aliphatic rings. The van der Waals surface area contributed by atoms with Gasteiger partial charge in [0.2, 0.25) is 5.95 Å². The van der Waals surface area contributed by atoms with E-state index in [0.29, 0.717) is 11.5 Å². The highest BCUT2D eigenvalue weighted by atomic mass is 19.1. The van der Waals surface area contributed by atoms with Gasteiger partial charge in [0.15, 0.2) is 0 Å². The molecular formula is C17H17FN4O2. The number of nitrogens with one attached hydrogen (secondary N) is 2. The Morgan fingerprint density at radius 3 is 2.71 bits per heavy atom. The van der Waals surface area contributed by atoms with Gasteiger partial charge in [-0.15, -0.1) is 0 Å². The summed E-state index contributed by atoms with van der Waals surface area (Å²) in [7, 11) is 0. The van der Waals surface area contributed by atoms with Crippen LogP contribution in [-0.4, -0.2) is 22.7 Å². The third-order valence-electron chi connectivity index (χ3n) is 3.59. The number of nitrogens with two attached hydrogens (primary N) is 1. The Bertz CT molecular complexity index is 861. The van der Waals surface area contributed by atoms with Crippen LogP contribution in [0.3, 0.4) is 0 Å². The Labute approximate surface area is 137 Å². The van der Waals surface area contributed by atoms with Crippen LogP contribution < -0.4 is 11.1 Å². The summed E-state index contributed by atoms with van der Waals surface area (Å²) in [6.45, 7) is 2.00. The predicted octanol–water partition coefficient (Wildman–Crippen LogP) is 3.32. The maximum Gasteiger partial charge on any atom is 0.413 e. The lowest BCUT2D eigenvalue weighted by Crippen LogP contribution is -2.14. The van der Waals surface area contributed by atoms with Crippen molar-refractivity contribution in [1.29, 1.82) is 0 Å². The Morgan fingerprint density at radius 1 is 1.29 bits per heavy atom.